The van der Waals surface area contributed by atoms with E-state index in [1.165, 1.54) is 30.3 Å². The van der Waals surface area contributed by atoms with Crippen molar-refractivity contribution in [1.82, 2.24) is 10.6 Å². The number of carbonyl (C=O) groups is 3. The Morgan fingerprint density at radius 1 is 1.06 bits per heavy atom. The Balaban J connectivity index is 1.71. The summed E-state index contributed by atoms with van der Waals surface area (Å²) in [4.78, 5) is 36.1. The van der Waals surface area contributed by atoms with Crippen LogP contribution in [0.5, 0.6) is 11.5 Å². The van der Waals surface area contributed by atoms with Gasteiger partial charge in [0, 0.05) is 5.69 Å². The molecule has 0 aromatic heterocycles. The van der Waals surface area contributed by atoms with Gasteiger partial charge in [0.1, 0.15) is 11.4 Å². The molecule has 3 rings (SSSR count). The SMILES string of the molecule is CCOc1cc(C=C2C(=O)NC(=S)NC2=O)ccc1OCC(=O)Nc1ccc(F)cc1. The molecule has 31 heavy (non-hydrogen) atoms. The summed E-state index contributed by atoms with van der Waals surface area (Å²) in [6.07, 6.45) is 1.39. The third-order valence-corrected chi connectivity index (χ3v) is 4.21. The molecule has 3 N–H and O–H groups in total. The summed E-state index contributed by atoms with van der Waals surface area (Å²) in [7, 11) is 0. The van der Waals surface area contributed by atoms with Gasteiger partial charge in [0.2, 0.25) is 0 Å². The first-order valence-electron chi connectivity index (χ1n) is 9.19. The number of thiocarbonyl (C=S) groups is 1. The van der Waals surface area contributed by atoms with Crippen LogP contribution in [0.25, 0.3) is 6.08 Å². The zero-order valence-corrected chi connectivity index (χ0v) is 17.2. The lowest BCUT2D eigenvalue weighted by atomic mass is 10.1. The van der Waals surface area contributed by atoms with E-state index in [1.54, 1.807) is 25.1 Å². The number of hydrogen-bond acceptors (Lipinski definition) is 6. The molecule has 0 aliphatic carbocycles. The van der Waals surface area contributed by atoms with Crippen LogP contribution in [-0.4, -0.2) is 36.0 Å². The van der Waals surface area contributed by atoms with Gasteiger partial charge in [-0.15, -0.1) is 0 Å². The molecular formula is C21H18FN3O5S. The van der Waals surface area contributed by atoms with Crippen molar-refractivity contribution >= 4 is 46.8 Å². The second-order valence-electron chi connectivity index (χ2n) is 6.28. The van der Waals surface area contributed by atoms with Crippen molar-refractivity contribution in [3.05, 3.63) is 59.4 Å². The highest BCUT2D eigenvalue weighted by atomic mass is 32.1. The monoisotopic (exact) mass is 443 g/mol. The molecule has 1 saturated heterocycles. The largest absolute Gasteiger partial charge is 0.490 e. The van der Waals surface area contributed by atoms with Crippen molar-refractivity contribution in [3.8, 4) is 11.5 Å². The summed E-state index contributed by atoms with van der Waals surface area (Å²) in [6, 6.07) is 10.1. The van der Waals surface area contributed by atoms with Crippen molar-refractivity contribution in [3.63, 3.8) is 0 Å². The Hall–Kier alpha value is -3.79. The predicted molar refractivity (Wildman–Crippen MR) is 115 cm³/mol. The molecule has 2 aromatic carbocycles. The fraction of sp³-hybridized carbons (Fsp3) is 0.143. The Kier molecular flexibility index (Phi) is 6.93. The van der Waals surface area contributed by atoms with Gasteiger partial charge in [-0.2, -0.15) is 0 Å². The number of ether oxygens (including phenoxy) is 2. The van der Waals surface area contributed by atoms with E-state index < -0.39 is 23.5 Å². The Morgan fingerprint density at radius 3 is 2.39 bits per heavy atom. The lowest BCUT2D eigenvalue weighted by Crippen LogP contribution is -2.51. The van der Waals surface area contributed by atoms with Crippen LogP contribution in [0.4, 0.5) is 10.1 Å². The maximum atomic E-state index is 12.9. The molecule has 1 aliphatic heterocycles. The second-order valence-corrected chi connectivity index (χ2v) is 6.69. The number of hydrogen-bond donors (Lipinski definition) is 3. The molecule has 0 radical (unpaired) electrons. The quantitative estimate of drug-likeness (QED) is 0.344. The fourth-order valence-electron chi connectivity index (χ4n) is 2.65. The van der Waals surface area contributed by atoms with E-state index in [-0.39, 0.29) is 17.3 Å². The molecule has 1 heterocycles. The zero-order chi connectivity index (χ0) is 22.4. The first kappa shape index (κ1) is 21.9. The van der Waals surface area contributed by atoms with Crippen molar-refractivity contribution in [2.45, 2.75) is 6.92 Å². The van der Waals surface area contributed by atoms with Gasteiger partial charge in [0.05, 0.1) is 6.61 Å². The minimum atomic E-state index is -0.607. The second kappa shape index (κ2) is 9.81. The van der Waals surface area contributed by atoms with E-state index >= 15 is 0 Å². The average molecular weight is 443 g/mol. The van der Waals surface area contributed by atoms with Gasteiger partial charge in [-0.05, 0) is 67.2 Å². The minimum Gasteiger partial charge on any atom is -0.490 e. The minimum absolute atomic E-state index is 0.0511. The third-order valence-electron chi connectivity index (χ3n) is 4.01. The highest BCUT2D eigenvalue weighted by Crippen LogP contribution is 2.29. The standard InChI is InChI=1S/C21H18FN3O5S/c1-2-29-17-10-12(9-15-19(27)24-21(31)25-20(15)28)3-8-16(17)30-11-18(26)23-14-6-4-13(22)5-7-14/h3-10H,2,11H2,1H3,(H,23,26)(H2,24,25,27,28,31). The molecule has 0 spiro atoms. The van der Waals surface area contributed by atoms with Crippen LogP contribution < -0.4 is 25.4 Å². The van der Waals surface area contributed by atoms with Crippen molar-refractivity contribution < 1.29 is 28.2 Å². The molecule has 1 fully saturated rings. The van der Waals surface area contributed by atoms with Crippen LogP contribution in [0.1, 0.15) is 12.5 Å². The molecule has 0 saturated carbocycles. The molecule has 3 amide bonds. The number of anilines is 1. The van der Waals surface area contributed by atoms with Gasteiger partial charge >= 0.3 is 0 Å². The third kappa shape index (κ3) is 5.86. The van der Waals surface area contributed by atoms with E-state index in [1.807, 2.05) is 0 Å². The van der Waals surface area contributed by atoms with Gasteiger partial charge in [-0.25, -0.2) is 4.39 Å². The molecule has 10 heteroatoms. The highest BCUT2D eigenvalue weighted by Gasteiger charge is 2.25. The summed E-state index contributed by atoms with van der Waals surface area (Å²) in [5, 5.41) is 7.25. The Morgan fingerprint density at radius 2 is 1.74 bits per heavy atom. The smallest absolute Gasteiger partial charge is 0.263 e. The first-order valence-corrected chi connectivity index (χ1v) is 9.60. The topological polar surface area (TPSA) is 106 Å². The summed E-state index contributed by atoms with van der Waals surface area (Å²) in [5.74, 6) is -1.42. The van der Waals surface area contributed by atoms with Crippen molar-refractivity contribution in [2.75, 3.05) is 18.5 Å². The fourth-order valence-corrected chi connectivity index (χ4v) is 2.83. The maximum absolute atomic E-state index is 12.9. The summed E-state index contributed by atoms with van der Waals surface area (Å²) in [5.41, 5.74) is 0.841. The van der Waals surface area contributed by atoms with E-state index in [4.69, 9.17) is 21.7 Å². The molecule has 0 unspecified atom stereocenters. The molecule has 0 atom stereocenters. The van der Waals surface area contributed by atoms with Gasteiger partial charge in [0.25, 0.3) is 17.7 Å². The lowest BCUT2D eigenvalue weighted by Gasteiger charge is -2.17. The Labute approximate surface area is 182 Å². The average Bonchev–Trinajstić information content (AvgIpc) is 2.72. The molecule has 1 aliphatic rings. The van der Waals surface area contributed by atoms with Gasteiger partial charge in [0.15, 0.2) is 23.2 Å². The van der Waals surface area contributed by atoms with E-state index in [9.17, 15) is 18.8 Å². The summed E-state index contributed by atoms with van der Waals surface area (Å²) < 4.78 is 24.0. The van der Waals surface area contributed by atoms with Gasteiger partial charge in [-0.1, -0.05) is 6.07 Å². The van der Waals surface area contributed by atoms with E-state index in [0.717, 1.165) is 0 Å². The van der Waals surface area contributed by atoms with Gasteiger partial charge < -0.3 is 14.8 Å². The van der Waals surface area contributed by atoms with Crippen LogP contribution in [0.3, 0.4) is 0 Å². The van der Waals surface area contributed by atoms with Crippen molar-refractivity contribution in [1.29, 1.82) is 0 Å². The van der Waals surface area contributed by atoms with E-state index in [2.05, 4.69) is 16.0 Å². The number of rotatable bonds is 7. The number of halogens is 1. The normalized spacial score (nSPS) is 13.2. The summed E-state index contributed by atoms with van der Waals surface area (Å²) >= 11 is 4.77. The van der Waals surface area contributed by atoms with Crippen LogP contribution in [0.15, 0.2) is 48.0 Å². The zero-order valence-electron chi connectivity index (χ0n) is 16.4. The highest BCUT2D eigenvalue weighted by molar-refractivity contribution is 7.80. The van der Waals surface area contributed by atoms with E-state index in [0.29, 0.717) is 29.4 Å². The molecular weight excluding hydrogens is 425 g/mol. The molecule has 160 valence electrons. The van der Waals surface area contributed by atoms with Crippen molar-refractivity contribution in [2.24, 2.45) is 0 Å². The lowest BCUT2D eigenvalue weighted by molar-refractivity contribution is -0.123. The Bertz CT molecular complexity index is 1050. The van der Waals surface area contributed by atoms with Crippen LogP contribution in [-0.2, 0) is 14.4 Å². The van der Waals surface area contributed by atoms with Crippen LogP contribution in [0.2, 0.25) is 0 Å². The first-order chi connectivity index (χ1) is 14.9. The maximum Gasteiger partial charge on any atom is 0.263 e. The number of nitrogens with one attached hydrogen (secondary N) is 3. The summed E-state index contributed by atoms with van der Waals surface area (Å²) in [6.45, 7) is 1.80. The van der Waals surface area contributed by atoms with Crippen LogP contribution >= 0.6 is 12.2 Å². The van der Waals surface area contributed by atoms with Crippen LogP contribution in [0, 0.1) is 5.82 Å². The molecule has 0 bridgehead atoms. The molecule has 8 nitrogen and oxygen atoms in total. The number of benzene rings is 2. The number of carbonyl (C=O) groups excluding carboxylic acids is 3. The predicted octanol–water partition coefficient (Wildman–Crippen LogP) is 2.16. The number of amides is 3. The molecule has 2 aromatic rings. The van der Waals surface area contributed by atoms with Gasteiger partial charge in [-0.3, -0.25) is 25.0 Å².